The molecule has 6 nitrogen and oxygen atoms in total. The van der Waals surface area contributed by atoms with Crippen molar-refractivity contribution in [2.45, 2.75) is 12.8 Å². The maximum Gasteiger partial charge on any atom is 0.321 e. The van der Waals surface area contributed by atoms with Gasteiger partial charge in [-0.2, -0.15) is 5.26 Å². The van der Waals surface area contributed by atoms with E-state index in [-0.39, 0.29) is 17.9 Å². The van der Waals surface area contributed by atoms with E-state index in [4.69, 9.17) is 5.26 Å². The quantitative estimate of drug-likeness (QED) is 0.906. The van der Waals surface area contributed by atoms with Gasteiger partial charge in [0.15, 0.2) is 0 Å². The maximum absolute atomic E-state index is 12.3. The molecule has 0 atom stereocenters. The first-order valence-corrected chi connectivity index (χ1v) is 7.29. The van der Waals surface area contributed by atoms with Crippen molar-refractivity contribution in [2.24, 2.45) is 5.92 Å². The van der Waals surface area contributed by atoms with Crippen LogP contribution in [0.1, 0.15) is 18.4 Å². The van der Waals surface area contributed by atoms with E-state index in [0.29, 0.717) is 37.2 Å². The van der Waals surface area contributed by atoms with Crippen LogP contribution in [0.2, 0.25) is 0 Å². The minimum absolute atomic E-state index is 0.00885. The molecule has 2 rings (SSSR count). The summed E-state index contributed by atoms with van der Waals surface area (Å²) < 4.78 is 0. The second-order valence-electron chi connectivity index (χ2n) is 5.58. The lowest BCUT2D eigenvalue weighted by atomic mass is 9.96. The van der Waals surface area contributed by atoms with Gasteiger partial charge in [-0.25, -0.2) is 4.79 Å². The Morgan fingerprint density at radius 3 is 2.50 bits per heavy atom. The van der Waals surface area contributed by atoms with Crippen LogP contribution in [-0.4, -0.2) is 48.9 Å². The van der Waals surface area contributed by atoms with Crippen molar-refractivity contribution in [1.82, 2.24) is 9.80 Å². The average Bonchev–Trinajstić information content (AvgIpc) is 2.54. The van der Waals surface area contributed by atoms with Gasteiger partial charge in [0.05, 0.1) is 11.3 Å². The van der Waals surface area contributed by atoms with Crippen LogP contribution >= 0.6 is 0 Å². The zero-order valence-corrected chi connectivity index (χ0v) is 12.9. The number of piperidine rings is 1. The molecule has 0 saturated carbocycles. The van der Waals surface area contributed by atoms with Gasteiger partial charge < -0.3 is 15.1 Å². The molecule has 1 fully saturated rings. The average molecular weight is 300 g/mol. The van der Waals surface area contributed by atoms with Crippen molar-refractivity contribution in [2.75, 3.05) is 32.5 Å². The lowest BCUT2D eigenvalue weighted by molar-refractivity contribution is -0.134. The Kier molecular flexibility index (Phi) is 4.99. The van der Waals surface area contributed by atoms with E-state index >= 15 is 0 Å². The number of rotatable bonds is 2. The topological polar surface area (TPSA) is 76.4 Å². The largest absolute Gasteiger partial charge is 0.349 e. The first-order valence-electron chi connectivity index (χ1n) is 7.29. The van der Waals surface area contributed by atoms with Gasteiger partial charge in [0, 0.05) is 33.1 Å². The SMILES string of the molecule is CN(C)C(=O)C1CCN(C(=O)Nc2ccccc2C#N)CC1. The third-order valence-corrected chi connectivity index (χ3v) is 3.86. The number of nitrogens with zero attached hydrogens (tertiary/aromatic N) is 3. The second kappa shape index (κ2) is 6.94. The van der Waals surface area contributed by atoms with Gasteiger partial charge in [-0.05, 0) is 25.0 Å². The molecule has 0 aliphatic carbocycles. The van der Waals surface area contributed by atoms with Crippen molar-refractivity contribution in [3.8, 4) is 6.07 Å². The van der Waals surface area contributed by atoms with Crippen molar-refractivity contribution in [3.05, 3.63) is 29.8 Å². The van der Waals surface area contributed by atoms with Crippen molar-refractivity contribution in [3.63, 3.8) is 0 Å². The normalized spacial score (nSPS) is 15.0. The Bertz CT molecular complexity index is 598. The van der Waals surface area contributed by atoms with E-state index in [9.17, 15) is 9.59 Å². The molecule has 0 bridgehead atoms. The number of amides is 3. The highest BCUT2D eigenvalue weighted by Gasteiger charge is 2.28. The van der Waals surface area contributed by atoms with Crippen LogP contribution in [0.15, 0.2) is 24.3 Å². The first-order chi connectivity index (χ1) is 10.5. The van der Waals surface area contributed by atoms with Crippen LogP contribution in [0.5, 0.6) is 0 Å². The summed E-state index contributed by atoms with van der Waals surface area (Å²) in [6.45, 7) is 1.09. The van der Waals surface area contributed by atoms with Gasteiger partial charge in [-0.1, -0.05) is 12.1 Å². The third kappa shape index (κ3) is 3.55. The summed E-state index contributed by atoms with van der Waals surface area (Å²) in [5.74, 6) is 0.111. The van der Waals surface area contributed by atoms with Gasteiger partial charge in [0.1, 0.15) is 6.07 Å². The zero-order chi connectivity index (χ0) is 16.1. The lowest BCUT2D eigenvalue weighted by Gasteiger charge is -2.32. The molecule has 0 spiro atoms. The molecule has 1 saturated heterocycles. The fraction of sp³-hybridized carbons (Fsp3) is 0.438. The molecule has 1 aromatic carbocycles. The number of anilines is 1. The van der Waals surface area contributed by atoms with Gasteiger partial charge >= 0.3 is 6.03 Å². The van der Waals surface area contributed by atoms with E-state index in [1.54, 1.807) is 48.2 Å². The molecule has 0 radical (unpaired) electrons. The fourth-order valence-electron chi connectivity index (χ4n) is 2.58. The highest BCUT2D eigenvalue weighted by Crippen LogP contribution is 2.20. The summed E-state index contributed by atoms with van der Waals surface area (Å²) >= 11 is 0. The summed E-state index contributed by atoms with van der Waals surface area (Å²) in [4.78, 5) is 27.5. The van der Waals surface area contributed by atoms with E-state index in [2.05, 4.69) is 11.4 Å². The molecule has 1 N–H and O–H groups in total. The number of urea groups is 1. The molecular weight excluding hydrogens is 280 g/mol. The van der Waals surface area contributed by atoms with E-state index < -0.39 is 0 Å². The number of hydrogen-bond acceptors (Lipinski definition) is 3. The van der Waals surface area contributed by atoms with Crippen molar-refractivity contribution >= 4 is 17.6 Å². The second-order valence-corrected chi connectivity index (χ2v) is 5.58. The predicted molar refractivity (Wildman–Crippen MR) is 83.2 cm³/mol. The lowest BCUT2D eigenvalue weighted by Crippen LogP contribution is -2.44. The summed E-state index contributed by atoms with van der Waals surface area (Å²) in [5, 5.41) is 11.8. The zero-order valence-electron chi connectivity index (χ0n) is 12.9. The monoisotopic (exact) mass is 300 g/mol. The molecule has 1 aliphatic heterocycles. The van der Waals surface area contributed by atoms with Gasteiger partial charge in [0.25, 0.3) is 0 Å². The molecule has 6 heteroatoms. The minimum Gasteiger partial charge on any atom is -0.349 e. The first kappa shape index (κ1) is 15.8. The molecule has 1 heterocycles. The number of hydrogen-bond donors (Lipinski definition) is 1. The van der Waals surface area contributed by atoms with Crippen LogP contribution in [0.25, 0.3) is 0 Å². The Morgan fingerprint density at radius 1 is 1.27 bits per heavy atom. The smallest absolute Gasteiger partial charge is 0.321 e. The number of nitriles is 1. The Morgan fingerprint density at radius 2 is 1.91 bits per heavy atom. The van der Waals surface area contributed by atoms with Crippen LogP contribution < -0.4 is 5.32 Å². The molecule has 0 aromatic heterocycles. The predicted octanol–water partition coefficient (Wildman–Crippen LogP) is 1.89. The van der Waals surface area contributed by atoms with Crippen LogP contribution in [0.3, 0.4) is 0 Å². The molecule has 22 heavy (non-hydrogen) atoms. The summed E-state index contributed by atoms with van der Waals surface area (Å²) in [7, 11) is 3.50. The van der Waals surface area contributed by atoms with E-state index in [1.165, 1.54) is 0 Å². The van der Waals surface area contributed by atoms with Crippen molar-refractivity contribution in [1.29, 1.82) is 5.26 Å². The number of para-hydroxylation sites is 1. The Hall–Kier alpha value is -2.55. The number of carbonyl (C=O) groups excluding carboxylic acids is 2. The summed E-state index contributed by atoms with van der Waals surface area (Å²) in [5.41, 5.74) is 0.954. The van der Waals surface area contributed by atoms with Gasteiger partial charge in [0.2, 0.25) is 5.91 Å². The Balaban J connectivity index is 1.93. The molecular formula is C16H20N4O2. The van der Waals surface area contributed by atoms with Crippen LogP contribution in [-0.2, 0) is 4.79 Å². The molecule has 0 unspecified atom stereocenters. The molecule has 116 valence electrons. The summed E-state index contributed by atoms with van der Waals surface area (Å²) in [6, 6.07) is 8.74. The number of carbonyl (C=O) groups is 2. The maximum atomic E-state index is 12.3. The highest BCUT2D eigenvalue weighted by molar-refractivity contribution is 5.91. The number of nitrogens with one attached hydrogen (secondary N) is 1. The van der Waals surface area contributed by atoms with E-state index in [0.717, 1.165) is 0 Å². The van der Waals surface area contributed by atoms with Crippen LogP contribution in [0, 0.1) is 17.2 Å². The number of likely N-dealkylation sites (tertiary alicyclic amines) is 1. The standard InChI is InChI=1S/C16H20N4O2/c1-19(2)15(21)12-7-9-20(10-8-12)16(22)18-14-6-4-3-5-13(14)11-17/h3-6,12H,7-10H2,1-2H3,(H,18,22). The van der Waals surface area contributed by atoms with Gasteiger partial charge in [-0.15, -0.1) is 0 Å². The van der Waals surface area contributed by atoms with Crippen molar-refractivity contribution < 1.29 is 9.59 Å². The van der Waals surface area contributed by atoms with E-state index in [1.807, 2.05) is 0 Å². The molecule has 1 aromatic rings. The molecule has 1 aliphatic rings. The Labute approximate surface area is 130 Å². The molecule has 3 amide bonds. The van der Waals surface area contributed by atoms with Gasteiger partial charge in [-0.3, -0.25) is 4.79 Å². The summed E-state index contributed by atoms with van der Waals surface area (Å²) in [6.07, 6.45) is 1.34. The third-order valence-electron chi connectivity index (χ3n) is 3.86. The van der Waals surface area contributed by atoms with Crippen LogP contribution in [0.4, 0.5) is 10.5 Å². The number of benzene rings is 1. The minimum atomic E-state index is -0.224. The fourth-order valence-corrected chi connectivity index (χ4v) is 2.58. The highest BCUT2D eigenvalue weighted by atomic mass is 16.2.